The molecule has 0 atom stereocenters. The summed E-state index contributed by atoms with van der Waals surface area (Å²) in [5.41, 5.74) is 0.0158. The largest absolute Gasteiger partial charge is 0.478 e. The molecule has 104 valence electrons. The molecule has 1 aromatic carbocycles. The van der Waals surface area contributed by atoms with Crippen LogP contribution in [0.2, 0.25) is 5.02 Å². The van der Waals surface area contributed by atoms with Gasteiger partial charge in [-0.15, -0.1) is 11.8 Å². The summed E-state index contributed by atoms with van der Waals surface area (Å²) < 4.78 is 5.01. The molecule has 6 nitrogen and oxygen atoms in total. The van der Waals surface area contributed by atoms with Gasteiger partial charge in [-0.1, -0.05) is 11.6 Å². The molecule has 20 heavy (non-hydrogen) atoms. The lowest BCUT2D eigenvalue weighted by molar-refractivity contribution is -0.402. The number of rotatable bonds is 5. The summed E-state index contributed by atoms with van der Waals surface area (Å²) >= 11 is 7.06. The van der Waals surface area contributed by atoms with Gasteiger partial charge in [-0.05, 0) is 24.3 Å². The highest BCUT2D eigenvalue weighted by Crippen LogP contribution is 2.28. The third-order valence-corrected chi connectivity index (χ3v) is 3.72. The van der Waals surface area contributed by atoms with Crippen LogP contribution < -0.4 is 0 Å². The number of hydrogen-bond acceptors (Lipinski definition) is 5. The molecule has 0 saturated carbocycles. The summed E-state index contributed by atoms with van der Waals surface area (Å²) in [5.74, 6) is -0.628. The number of aromatic carboxylic acids is 1. The summed E-state index contributed by atoms with van der Waals surface area (Å²) in [4.78, 5) is 21.5. The highest BCUT2D eigenvalue weighted by Gasteiger charge is 2.13. The van der Waals surface area contributed by atoms with Crippen LogP contribution in [-0.4, -0.2) is 16.0 Å². The minimum atomic E-state index is -1.11. The van der Waals surface area contributed by atoms with Crippen LogP contribution in [0.15, 0.2) is 39.6 Å². The van der Waals surface area contributed by atoms with E-state index in [4.69, 9.17) is 21.1 Å². The first-order valence-corrected chi connectivity index (χ1v) is 6.72. The highest BCUT2D eigenvalue weighted by molar-refractivity contribution is 7.98. The number of hydrogen-bond donors (Lipinski definition) is 1. The molecule has 0 spiro atoms. The predicted octanol–water partition coefficient (Wildman–Crippen LogP) is 3.83. The number of thioether (sulfide) groups is 1. The Kier molecular flexibility index (Phi) is 4.31. The Bertz CT molecular complexity index is 670. The van der Waals surface area contributed by atoms with Crippen molar-refractivity contribution in [1.82, 2.24) is 0 Å². The molecule has 0 fully saturated rings. The molecule has 0 saturated heterocycles. The second-order valence-electron chi connectivity index (χ2n) is 3.73. The van der Waals surface area contributed by atoms with E-state index in [9.17, 15) is 14.9 Å². The maximum Gasteiger partial charge on any atom is 0.433 e. The van der Waals surface area contributed by atoms with Crippen molar-refractivity contribution in [1.29, 1.82) is 0 Å². The van der Waals surface area contributed by atoms with Crippen molar-refractivity contribution in [2.24, 2.45) is 0 Å². The van der Waals surface area contributed by atoms with Gasteiger partial charge in [-0.3, -0.25) is 10.1 Å². The second kappa shape index (κ2) is 5.98. The molecule has 1 N–H and O–H groups in total. The molecule has 0 aliphatic heterocycles. The first kappa shape index (κ1) is 14.4. The van der Waals surface area contributed by atoms with Gasteiger partial charge in [-0.25, -0.2) is 4.79 Å². The molecule has 0 amide bonds. The van der Waals surface area contributed by atoms with E-state index in [1.54, 1.807) is 6.07 Å². The van der Waals surface area contributed by atoms with Crippen molar-refractivity contribution in [3.05, 3.63) is 56.8 Å². The van der Waals surface area contributed by atoms with E-state index in [0.717, 1.165) is 0 Å². The number of carboxylic acids is 1. The van der Waals surface area contributed by atoms with Crippen LogP contribution in [0.1, 0.15) is 16.1 Å². The molecule has 1 aromatic heterocycles. The zero-order valence-corrected chi connectivity index (χ0v) is 11.5. The Morgan fingerprint density at radius 2 is 2.15 bits per heavy atom. The second-order valence-corrected chi connectivity index (χ2v) is 5.19. The molecule has 0 unspecified atom stereocenters. The predicted molar refractivity (Wildman–Crippen MR) is 73.3 cm³/mol. The lowest BCUT2D eigenvalue weighted by Crippen LogP contribution is -1.97. The minimum absolute atomic E-state index is 0.0158. The molecule has 8 heteroatoms. The lowest BCUT2D eigenvalue weighted by Gasteiger charge is -2.03. The number of nitrogens with zero attached hydrogens (tertiary/aromatic N) is 1. The summed E-state index contributed by atoms with van der Waals surface area (Å²) in [6, 6.07) is 7.42. The van der Waals surface area contributed by atoms with Gasteiger partial charge in [0, 0.05) is 4.90 Å². The van der Waals surface area contributed by atoms with Crippen molar-refractivity contribution < 1.29 is 19.2 Å². The fourth-order valence-corrected chi connectivity index (χ4v) is 2.48. The van der Waals surface area contributed by atoms with E-state index in [1.165, 1.54) is 36.0 Å². The molecular formula is C12H8ClNO5S. The first-order chi connectivity index (χ1) is 9.47. The van der Waals surface area contributed by atoms with Crippen LogP contribution in [0.3, 0.4) is 0 Å². The minimum Gasteiger partial charge on any atom is -0.478 e. The molecule has 0 bridgehead atoms. The van der Waals surface area contributed by atoms with E-state index in [-0.39, 0.29) is 16.5 Å². The van der Waals surface area contributed by atoms with Gasteiger partial charge in [0.1, 0.15) is 10.7 Å². The third-order valence-electron chi connectivity index (χ3n) is 2.38. The molecule has 0 aliphatic carbocycles. The van der Waals surface area contributed by atoms with Crippen LogP contribution in [0.4, 0.5) is 5.88 Å². The molecule has 2 aromatic rings. The van der Waals surface area contributed by atoms with Gasteiger partial charge in [0.25, 0.3) is 0 Å². The SMILES string of the molecule is O=C(O)c1cc(SCc2ccc([N+](=O)[O-])o2)ccc1Cl. The van der Waals surface area contributed by atoms with Crippen molar-refractivity contribution in [2.45, 2.75) is 10.6 Å². The molecule has 1 heterocycles. The molecular weight excluding hydrogens is 306 g/mol. The fraction of sp³-hybridized carbons (Fsp3) is 0.0833. The summed E-state index contributed by atoms with van der Waals surface area (Å²) in [7, 11) is 0. The molecule has 0 radical (unpaired) electrons. The number of benzene rings is 1. The fourth-order valence-electron chi connectivity index (χ4n) is 1.45. The zero-order chi connectivity index (χ0) is 14.7. The van der Waals surface area contributed by atoms with Crippen LogP contribution in [-0.2, 0) is 5.75 Å². The van der Waals surface area contributed by atoms with Gasteiger partial charge in [0.2, 0.25) is 0 Å². The van der Waals surface area contributed by atoms with Crippen LogP contribution in [0.5, 0.6) is 0 Å². The van der Waals surface area contributed by atoms with Crippen molar-refractivity contribution >= 4 is 35.2 Å². The van der Waals surface area contributed by atoms with E-state index >= 15 is 0 Å². The quantitative estimate of drug-likeness (QED) is 0.512. The Labute approximate surface area is 122 Å². The number of nitro groups is 1. The Morgan fingerprint density at radius 1 is 1.40 bits per heavy atom. The van der Waals surface area contributed by atoms with Crippen molar-refractivity contribution in [2.75, 3.05) is 0 Å². The normalized spacial score (nSPS) is 10.4. The van der Waals surface area contributed by atoms with Gasteiger partial charge in [0.05, 0.1) is 22.4 Å². The standard InChI is InChI=1S/C12H8ClNO5S/c13-10-3-2-8(5-9(10)12(15)16)20-6-7-1-4-11(19-7)14(17)18/h1-5H,6H2,(H,15,16). The maximum atomic E-state index is 10.9. The molecule has 0 aliphatic rings. The van der Waals surface area contributed by atoms with Gasteiger partial charge < -0.3 is 9.52 Å². The van der Waals surface area contributed by atoms with Gasteiger partial charge in [-0.2, -0.15) is 0 Å². The Hall–Kier alpha value is -1.99. The number of halogens is 1. The van der Waals surface area contributed by atoms with Crippen LogP contribution in [0, 0.1) is 10.1 Å². The number of carbonyl (C=O) groups is 1. The summed E-state index contributed by atoms with van der Waals surface area (Å²) in [6.45, 7) is 0. The first-order valence-electron chi connectivity index (χ1n) is 5.36. The van der Waals surface area contributed by atoms with Crippen LogP contribution in [0.25, 0.3) is 0 Å². The highest BCUT2D eigenvalue weighted by atomic mass is 35.5. The maximum absolute atomic E-state index is 10.9. The smallest absolute Gasteiger partial charge is 0.433 e. The number of carboxylic acid groups (broad SMARTS) is 1. The van der Waals surface area contributed by atoms with Crippen molar-refractivity contribution in [3.8, 4) is 0 Å². The topological polar surface area (TPSA) is 93.6 Å². The Morgan fingerprint density at radius 3 is 2.75 bits per heavy atom. The van der Waals surface area contributed by atoms with Gasteiger partial charge >= 0.3 is 11.9 Å². The third kappa shape index (κ3) is 3.31. The zero-order valence-electron chi connectivity index (χ0n) is 9.91. The lowest BCUT2D eigenvalue weighted by atomic mass is 10.2. The number of furan rings is 1. The van der Waals surface area contributed by atoms with Crippen molar-refractivity contribution in [3.63, 3.8) is 0 Å². The summed E-state index contributed by atoms with van der Waals surface area (Å²) in [5, 5.41) is 19.6. The van der Waals surface area contributed by atoms with E-state index in [0.29, 0.717) is 16.4 Å². The molecule has 2 rings (SSSR count). The van der Waals surface area contributed by atoms with E-state index < -0.39 is 10.9 Å². The van der Waals surface area contributed by atoms with E-state index in [1.807, 2.05) is 0 Å². The average molecular weight is 314 g/mol. The van der Waals surface area contributed by atoms with E-state index in [2.05, 4.69) is 0 Å². The van der Waals surface area contributed by atoms with Crippen LogP contribution >= 0.6 is 23.4 Å². The Balaban J connectivity index is 2.08. The average Bonchev–Trinajstić information content (AvgIpc) is 2.86. The summed E-state index contributed by atoms with van der Waals surface area (Å²) in [6.07, 6.45) is 0. The van der Waals surface area contributed by atoms with Gasteiger partial charge in [0.15, 0.2) is 0 Å². The monoisotopic (exact) mass is 313 g/mol.